The lowest BCUT2D eigenvalue weighted by atomic mass is 10.2. The minimum Gasteiger partial charge on any atom is -0.459 e. The van der Waals surface area contributed by atoms with Crippen molar-refractivity contribution < 1.29 is 23.3 Å². The lowest BCUT2D eigenvalue weighted by Crippen LogP contribution is -2.50. The quantitative estimate of drug-likeness (QED) is 0.778. The van der Waals surface area contributed by atoms with E-state index in [1.165, 1.54) is 6.26 Å². The van der Waals surface area contributed by atoms with Gasteiger partial charge in [0.05, 0.1) is 26.0 Å². The summed E-state index contributed by atoms with van der Waals surface area (Å²) in [6, 6.07) is 5.04. The van der Waals surface area contributed by atoms with Gasteiger partial charge in [-0.15, -0.1) is 0 Å². The molecule has 0 unspecified atom stereocenters. The summed E-state index contributed by atoms with van der Waals surface area (Å²) in [4.78, 5) is 30.5. The maximum Gasteiger partial charge on any atom is 0.289 e. The van der Waals surface area contributed by atoms with Gasteiger partial charge in [0.2, 0.25) is 0 Å². The number of carbonyl (C=O) groups is 2. The molecule has 4 heterocycles. The summed E-state index contributed by atoms with van der Waals surface area (Å²) in [6.07, 6.45) is 1.48. The van der Waals surface area contributed by atoms with Crippen LogP contribution >= 0.6 is 0 Å². The van der Waals surface area contributed by atoms with Gasteiger partial charge in [-0.05, 0) is 12.1 Å². The number of piperazine rings is 1. The topological polar surface area (TPSA) is 92.3 Å². The average molecular weight is 374 g/mol. The van der Waals surface area contributed by atoms with E-state index in [2.05, 4.69) is 10.1 Å². The van der Waals surface area contributed by atoms with Gasteiger partial charge in [0.25, 0.3) is 11.8 Å². The van der Waals surface area contributed by atoms with E-state index in [1.807, 2.05) is 0 Å². The third kappa shape index (κ3) is 4.04. The molecule has 0 N–H and O–H groups in total. The highest BCUT2D eigenvalue weighted by Gasteiger charge is 2.28. The van der Waals surface area contributed by atoms with Crippen LogP contribution in [-0.2, 0) is 11.3 Å². The van der Waals surface area contributed by atoms with Gasteiger partial charge < -0.3 is 23.5 Å². The van der Waals surface area contributed by atoms with Gasteiger partial charge in [0, 0.05) is 45.3 Å². The Kier molecular flexibility index (Phi) is 5.21. The molecule has 2 saturated heterocycles. The number of carbonyl (C=O) groups excluding carboxylic acids is 2. The average Bonchev–Trinajstić information content (AvgIpc) is 3.40. The van der Waals surface area contributed by atoms with Crippen LogP contribution in [0, 0.1) is 0 Å². The molecule has 9 nitrogen and oxygen atoms in total. The van der Waals surface area contributed by atoms with Crippen molar-refractivity contribution in [2.45, 2.75) is 6.54 Å². The Balaban J connectivity index is 1.31. The van der Waals surface area contributed by atoms with Gasteiger partial charge in [-0.1, -0.05) is 5.16 Å². The summed E-state index contributed by atoms with van der Waals surface area (Å²) in [5.74, 6) is 0.671. The smallest absolute Gasteiger partial charge is 0.289 e. The maximum absolute atomic E-state index is 12.7. The molecule has 0 bridgehead atoms. The van der Waals surface area contributed by atoms with E-state index >= 15 is 0 Å². The van der Waals surface area contributed by atoms with E-state index < -0.39 is 0 Å². The first-order valence-corrected chi connectivity index (χ1v) is 9.08. The van der Waals surface area contributed by atoms with Crippen molar-refractivity contribution in [1.29, 1.82) is 0 Å². The highest BCUT2D eigenvalue weighted by atomic mass is 16.5. The number of morpholine rings is 1. The van der Waals surface area contributed by atoms with Crippen LogP contribution in [0.2, 0.25) is 0 Å². The van der Waals surface area contributed by atoms with Crippen molar-refractivity contribution in [2.24, 2.45) is 0 Å². The monoisotopic (exact) mass is 374 g/mol. The van der Waals surface area contributed by atoms with Gasteiger partial charge in [-0.25, -0.2) is 0 Å². The molecule has 0 aromatic carbocycles. The first-order valence-electron chi connectivity index (χ1n) is 9.08. The predicted octanol–water partition coefficient (Wildman–Crippen LogP) is 0.698. The molecule has 0 radical (unpaired) electrons. The van der Waals surface area contributed by atoms with Crippen LogP contribution in [0.1, 0.15) is 26.8 Å². The molecule has 2 amide bonds. The molecule has 27 heavy (non-hydrogen) atoms. The summed E-state index contributed by atoms with van der Waals surface area (Å²) < 4.78 is 15.8. The molecular formula is C18H22N4O5. The summed E-state index contributed by atoms with van der Waals surface area (Å²) in [6.45, 7) is 5.56. The number of ether oxygens (including phenoxy) is 1. The zero-order valence-corrected chi connectivity index (χ0v) is 15.0. The SMILES string of the molecule is O=C(c1cc(CN2CCOCC2)on1)N1CCN(C(=O)c2ccco2)CC1. The van der Waals surface area contributed by atoms with E-state index in [0.717, 1.165) is 13.1 Å². The second-order valence-corrected chi connectivity index (χ2v) is 6.63. The van der Waals surface area contributed by atoms with E-state index in [9.17, 15) is 9.59 Å². The fourth-order valence-corrected chi connectivity index (χ4v) is 3.30. The molecule has 2 aromatic rings. The van der Waals surface area contributed by atoms with E-state index in [4.69, 9.17) is 13.7 Å². The Morgan fingerprint density at radius 3 is 2.37 bits per heavy atom. The van der Waals surface area contributed by atoms with Crippen molar-refractivity contribution in [3.8, 4) is 0 Å². The van der Waals surface area contributed by atoms with Gasteiger partial charge in [-0.2, -0.15) is 0 Å². The molecule has 9 heteroatoms. The summed E-state index contributed by atoms with van der Waals surface area (Å²) in [5.41, 5.74) is 0.309. The summed E-state index contributed by atoms with van der Waals surface area (Å²) in [5, 5.41) is 3.93. The second kappa shape index (κ2) is 7.93. The van der Waals surface area contributed by atoms with Gasteiger partial charge in [-0.3, -0.25) is 14.5 Å². The van der Waals surface area contributed by atoms with Crippen LogP contribution < -0.4 is 0 Å². The molecule has 2 fully saturated rings. The zero-order valence-electron chi connectivity index (χ0n) is 15.0. The second-order valence-electron chi connectivity index (χ2n) is 6.63. The van der Waals surface area contributed by atoms with Crippen LogP contribution in [0.25, 0.3) is 0 Å². The first-order chi connectivity index (χ1) is 13.2. The Bertz CT molecular complexity index is 774. The summed E-state index contributed by atoms with van der Waals surface area (Å²) in [7, 11) is 0. The number of furan rings is 1. The minimum atomic E-state index is -0.169. The van der Waals surface area contributed by atoms with E-state index in [-0.39, 0.29) is 11.8 Å². The third-order valence-corrected chi connectivity index (χ3v) is 4.85. The van der Waals surface area contributed by atoms with Crippen molar-refractivity contribution in [2.75, 3.05) is 52.5 Å². The van der Waals surface area contributed by atoms with Crippen LogP contribution in [-0.4, -0.2) is 84.2 Å². The highest BCUT2D eigenvalue weighted by Crippen LogP contribution is 2.14. The largest absolute Gasteiger partial charge is 0.459 e. The molecule has 2 aromatic heterocycles. The van der Waals surface area contributed by atoms with E-state index in [0.29, 0.717) is 63.2 Å². The molecule has 144 valence electrons. The number of rotatable bonds is 4. The molecule has 2 aliphatic heterocycles. The Labute approximate surface area is 156 Å². The third-order valence-electron chi connectivity index (χ3n) is 4.85. The van der Waals surface area contributed by atoms with Crippen molar-refractivity contribution >= 4 is 11.8 Å². The zero-order chi connectivity index (χ0) is 18.6. The van der Waals surface area contributed by atoms with Crippen LogP contribution in [0.4, 0.5) is 0 Å². The van der Waals surface area contributed by atoms with Crippen molar-refractivity contribution in [3.63, 3.8) is 0 Å². The van der Waals surface area contributed by atoms with E-state index in [1.54, 1.807) is 28.0 Å². The fourth-order valence-electron chi connectivity index (χ4n) is 3.30. The fraction of sp³-hybridized carbons (Fsp3) is 0.500. The molecule has 0 spiro atoms. The molecule has 4 rings (SSSR count). The number of hydrogen-bond donors (Lipinski definition) is 0. The van der Waals surface area contributed by atoms with Gasteiger partial charge >= 0.3 is 0 Å². The van der Waals surface area contributed by atoms with Crippen molar-refractivity contribution in [1.82, 2.24) is 19.9 Å². The molecular weight excluding hydrogens is 352 g/mol. The molecule has 2 aliphatic rings. The first kappa shape index (κ1) is 17.7. The maximum atomic E-state index is 12.7. The normalized spacial score (nSPS) is 18.7. The molecule has 0 saturated carbocycles. The Hall–Kier alpha value is -2.65. The Morgan fingerprint density at radius 2 is 1.70 bits per heavy atom. The lowest BCUT2D eigenvalue weighted by molar-refractivity contribution is 0.0305. The lowest BCUT2D eigenvalue weighted by Gasteiger charge is -2.33. The number of nitrogens with zero attached hydrogens (tertiary/aromatic N) is 4. The molecule has 0 aliphatic carbocycles. The van der Waals surface area contributed by atoms with Gasteiger partial charge in [0.15, 0.2) is 17.2 Å². The number of amides is 2. The minimum absolute atomic E-state index is 0.152. The van der Waals surface area contributed by atoms with Gasteiger partial charge in [0.1, 0.15) is 0 Å². The number of hydrogen-bond acceptors (Lipinski definition) is 7. The molecule has 0 atom stereocenters. The van der Waals surface area contributed by atoms with Crippen LogP contribution in [0.15, 0.2) is 33.4 Å². The number of aromatic nitrogens is 1. The van der Waals surface area contributed by atoms with Crippen LogP contribution in [0.3, 0.4) is 0 Å². The van der Waals surface area contributed by atoms with Crippen LogP contribution in [0.5, 0.6) is 0 Å². The standard InChI is InChI=1S/C18H22N4O5/c23-17(15-12-14(27-19-15)13-20-7-10-25-11-8-20)21-3-5-22(6-4-21)18(24)16-2-1-9-26-16/h1-2,9,12H,3-8,10-11,13H2. The highest BCUT2D eigenvalue weighted by molar-refractivity contribution is 5.93. The predicted molar refractivity (Wildman–Crippen MR) is 93.1 cm³/mol. The van der Waals surface area contributed by atoms with Crippen molar-refractivity contribution in [3.05, 3.63) is 41.7 Å². The Morgan fingerprint density at radius 1 is 1.00 bits per heavy atom. The summed E-state index contributed by atoms with van der Waals surface area (Å²) >= 11 is 0.